The lowest BCUT2D eigenvalue weighted by molar-refractivity contribution is -0.144. The number of carbonyl (C=O) groups excluding carboxylic acids is 2. The lowest BCUT2D eigenvalue weighted by Crippen LogP contribution is -2.40. The van der Waals surface area contributed by atoms with Gasteiger partial charge < -0.3 is 14.8 Å². The molecule has 0 rings (SSSR count). The third-order valence-electron chi connectivity index (χ3n) is 2.10. The maximum atomic E-state index is 11.5. The fourth-order valence-corrected chi connectivity index (χ4v) is 1.22. The van der Waals surface area contributed by atoms with Crippen LogP contribution in [0.2, 0.25) is 0 Å². The highest BCUT2D eigenvalue weighted by Gasteiger charge is 2.13. The van der Waals surface area contributed by atoms with E-state index in [1.54, 1.807) is 18.9 Å². The SMILES string of the molecule is CCOC(=O)CN(CC)CC(=O)NCCOC. The molecule has 1 N–H and O–H groups in total. The van der Waals surface area contributed by atoms with Crippen molar-refractivity contribution in [1.82, 2.24) is 10.2 Å². The van der Waals surface area contributed by atoms with Gasteiger partial charge in [0.1, 0.15) is 0 Å². The van der Waals surface area contributed by atoms with Gasteiger partial charge in [-0.3, -0.25) is 14.5 Å². The van der Waals surface area contributed by atoms with E-state index in [9.17, 15) is 9.59 Å². The number of hydrogen-bond donors (Lipinski definition) is 1. The van der Waals surface area contributed by atoms with E-state index in [1.165, 1.54) is 0 Å². The molecular weight excluding hydrogens is 224 g/mol. The minimum absolute atomic E-state index is 0.117. The predicted molar refractivity (Wildman–Crippen MR) is 63.6 cm³/mol. The van der Waals surface area contributed by atoms with Crippen LogP contribution in [0.1, 0.15) is 13.8 Å². The minimum atomic E-state index is -0.306. The fourth-order valence-electron chi connectivity index (χ4n) is 1.22. The number of amides is 1. The highest BCUT2D eigenvalue weighted by atomic mass is 16.5. The van der Waals surface area contributed by atoms with Crippen molar-refractivity contribution in [2.45, 2.75) is 13.8 Å². The van der Waals surface area contributed by atoms with Crippen molar-refractivity contribution in [2.24, 2.45) is 0 Å². The Kier molecular flexibility index (Phi) is 9.37. The maximum absolute atomic E-state index is 11.5. The molecule has 0 aromatic heterocycles. The third-order valence-corrected chi connectivity index (χ3v) is 2.10. The van der Waals surface area contributed by atoms with Crippen LogP contribution in [0.25, 0.3) is 0 Å². The van der Waals surface area contributed by atoms with Crippen LogP contribution < -0.4 is 5.32 Å². The fraction of sp³-hybridized carbons (Fsp3) is 0.818. The molecule has 0 aliphatic carbocycles. The Hall–Kier alpha value is -1.14. The van der Waals surface area contributed by atoms with E-state index in [1.807, 2.05) is 6.92 Å². The maximum Gasteiger partial charge on any atom is 0.320 e. The second-order valence-electron chi connectivity index (χ2n) is 3.45. The van der Waals surface area contributed by atoms with Crippen LogP contribution >= 0.6 is 0 Å². The van der Waals surface area contributed by atoms with Crippen LogP contribution in [0.5, 0.6) is 0 Å². The zero-order valence-electron chi connectivity index (χ0n) is 10.8. The van der Waals surface area contributed by atoms with Crippen LogP contribution in [0.4, 0.5) is 0 Å². The number of esters is 1. The highest BCUT2D eigenvalue weighted by molar-refractivity contribution is 5.79. The van der Waals surface area contributed by atoms with Crippen LogP contribution in [-0.4, -0.2) is 63.3 Å². The average Bonchev–Trinajstić information content (AvgIpc) is 2.28. The van der Waals surface area contributed by atoms with Crippen molar-refractivity contribution < 1.29 is 19.1 Å². The summed E-state index contributed by atoms with van der Waals surface area (Å²) in [6, 6.07) is 0. The monoisotopic (exact) mass is 246 g/mol. The van der Waals surface area contributed by atoms with Crippen molar-refractivity contribution >= 4 is 11.9 Å². The molecule has 6 nitrogen and oxygen atoms in total. The lowest BCUT2D eigenvalue weighted by atomic mass is 10.4. The quantitative estimate of drug-likeness (QED) is 0.444. The Morgan fingerprint density at radius 3 is 2.47 bits per heavy atom. The molecule has 0 fully saturated rings. The molecule has 0 heterocycles. The Balaban J connectivity index is 3.86. The van der Waals surface area contributed by atoms with Gasteiger partial charge in [-0.2, -0.15) is 0 Å². The summed E-state index contributed by atoms with van der Waals surface area (Å²) in [4.78, 5) is 24.4. The molecule has 0 saturated heterocycles. The number of ether oxygens (including phenoxy) is 2. The lowest BCUT2D eigenvalue weighted by Gasteiger charge is -2.18. The number of rotatable bonds is 9. The van der Waals surface area contributed by atoms with E-state index in [4.69, 9.17) is 9.47 Å². The Morgan fingerprint density at radius 2 is 1.94 bits per heavy atom. The van der Waals surface area contributed by atoms with Crippen LogP contribution in [-0.2, 0) is 19.1 Å². The number of hydrogen-bond acceptors (Lipinski definition) is 5. The topological polar surface area (TPSA) is 67.9 Å². The van der Waals surface area contributed by atoms with Crippen molar-refractivity contribution in [3.8, 4) is 0 Å². The van der Waals surface area contributed by atoms with Crippen LogP contribution in [0.3, 0.4) is 0 Å². The largest absolute Gasteiger partial charge is 0.465 e. The van der Waals surface area contributed by atoms with Gasteiger partial charge in [-0.15, -0.1) is 0 Å². The molecule has 0 unspecified atom stereocenters. The van der Waals surface area contributed by atoms with Gasteiger partial charge in [0.05, 0.1) is 26.3 Å². The molecule has 0 aromatic rings. The molecule has 100 valence electrons. The normalized spacial score (nSPS) is 10.4. The molecule has 0 bridgehead atoms. The molecule has 0 aromatic carbocycles. The van der Waals surface area contributed by atoms with Gasteiger partial charge in [-0.1, -0.05) is 6.92 Å². The van der Waals surface area contributed by atoms with E-state index >= 15 is 0 Å². The first-order valence-electron chi connectivity index (χ1n) is 5.77. The molecule has 0 saturated carbocycles. The molecule has 1 amide bonds. The van der Waals surface area contributed by atoms with Crippen molar-refractivity contribution in [3.05, 3.63) is 0 Å². The van der Waals surface area contributed by atoms with Crippen LogP contribution in [0.15, 0.2) is 0 Å². The van der Waals surface area contributed by atoms with E-state index in [2.05, 4.69) is 5.32 Å². The molecule has 0 aliphatic rings. The van der Waals surface area contributed by atoms with Gasteiger partial charge in [0.15, 0.2) is 0 Å². The van der Waals surface area contributed by atoms with Gasteiger partial charge in [-0.25, -0.2) is 0 Å². The first-order valence-corrected chi connectivity index (χ1v) is 5.77. The minimum Gasteiger partial charge on any atom is -0.465 e. The van der Waals surface area contributed by atoms with E-state index in [0.29, 0.717) is 26.3 Å². The standard InChI is InChI=1S/C11H22N2O4/c1-4-13(9-11(15)17-5-2)8-10(14)12-6-7-16-3/h4-9H2,1-3H3,(H,12,14). The highest BCUT2D eigenvalue weighted by Crippen LogP contribution is 1.90. The summed E-state index contributed by atoms with van der Waals surface area (Å²) in [5.74, 6) is -0.424. The number of nitrogens with one attached hydrogen (secondary N) is 1. The number of methoxy groups -OCH3 is 1. The van der Waals surface area contributed by atoms with Gasteiger partial charge in [0.25, 0.3) is 0 Å². The first kappa shape index (κ1) is 15.9. The van der Waals surface area contributed by atoms with Gasteiger partial charge >= 0.3 is 5.97 Å². The van der Waals surface area contributed by atoms with E-state index in [-0.39, 0.29) is 25.0 Å². The number of likely N-dealkylation sites (N-methyl/N-ethyl adjacent to an activating group) is 1. The predicted octanol–water partition coefficient (Wildman–Crippen LogP) is -0.366. The molecule has 6 heteroatoms. The van der Waals surface area contributed by atoms with E-state index < -0.39 is 0 Å². The average molecular weight is 246 g/mol. The Bertz CT molecular complexity index is 234. The molecule has 17 heavy (non-hydrogen) atoms. The second kappa shape index (κ2) is 10.0. The Labute approximate surface area is 102 Å². The summed E-state index contributed by atoms with van der Waals surface area (Å²) < 4.78 is 9.64. The molecular formula is C11H22N2O4. The summed E-state index contributed by atoms with van der Waals surface area (Å²) in [7, 11) is 1.57. The van der Waals surface area contributed by atoms with E-state index in [0.717, 1.165) is 0 Å². The molecule has 0 spiro atoms. The van der Waals surface area contributed by atoms with Gasteiger partial charge in [0.2, 0.25) is 5.91 Å². The summed E-state index contributed by atoms with van der Waals surface area (Å²) in [5, 5.41) is 2.70. The Morgan fingerprint density at radius 1 is 1.24 bits per heavy atom. The van der Waals surface area contributed by atoms with Gasteiger partial charge in [-0.05, 0) is 13.5 Å². The zero-order valence-corrected chi connectivity index (χ0v) is 10.8. The van der Waals surface area contributed by atoms with Gasteiger partial charge in [0, 0.05) is 13.7 Å². The van der Waals surface area contributed by atoms with Crippen molar-refractivity contribution in [3.63, 3.8) is 0 Å². The summed E-state index contributed by atoms with van der Waals surface area (Å²) in [6.45, 7) is 5.92. The number of nitrogens with zero attached hydrogens (tertiary/aromatic N) is 1. The molecule has 0 atom stereocenters. The zero-order chi connectivity index (χ0) is 13.1. The third kappa shape index (κ3) is 8.65. The second-order valence-corrected chi connectivity index (χ2v) is 3.45. The van der Waals surface area contributed by atoms with Crippen molar-refractivity contribution in [2.75, 3.05) is 46.5 Å². The smallest absolute Gasteiger partial charge is 0.320 e. The molecule has 0 aliphatic heterocycles. The van der Waals surface area contributed by atoms with Crippen LogP contribution in [0, 0.1) is 0 Å². The molecule has 0 radical (unpaired) electrons. The summed E-state index contributed by atoms with van der Waals surface area (Å²) in [6.07, 6.45) is 0. The first-order chi connectivity index (χ1) is 8.13. The summed E-state index contributed by atoms with van der Waals surface area (Å²) >= 11 is 0. The summed E-state index contributed by atoms with van der Waals surface area (Å²) in [5.41, 5.74) is 0. The number of carbonyl (C=O) groups is 2. The van der Waals surface area contributed by atoms with Crippen molar-refractivity contribution in [1.29, 1.82) is 0 Å².